The molecule has 1 aliphatic heterocycles. The lowest BCUT2D eigenvalue weighted by atomic mass is 9.83. The van der Waals surface area contributed by atoms with Crippen LogP contribution in [0.4, 0.5) is 14.6 Å². The molecule has 0 spiro atoms. The maximum Gasteiger partial charge on any atom is 0.341 e. The quantitative estimate of drug-likeness (QED) is 0.566. The number of carboxylic acids is 1. The summed E-state index contributed by atoms with van der Waals surface area (Å²) in [5.74, 6) is -1.86. The van der Waals surface area contributed by atoms with Gasteiger partial charge in [0.25, 0.3) is 0 Å². The Kier molecular flexibility index (Phi) is 5.94. The Morgan fingerprint density at radius 1 is 1.18 bits per heavy atom. The number of anilines is 1. The second-order valence-electron chi connectivity index (χ2n) is 8.25. The summed E-state index contributed by atoms with van der Waals surface area (Å²) in [4.78, 5) is 31.1. The highest BCUT2D eigenvalue weighted by Crippen LogP contribution is 2.35. The Morgan fingerprint density at radius 2 is 1.97 bits per heavy atom. The van der Waals surface area contributed by atoms with Crippen molar-refractivity contribution in [3.8, 4) is 5.69 Å². The van der Waals surface area contributed by atoms with Crippen molar-refractivity contribution >= 4 is 35.2 Å². The van der Waals surface area contributed by atoms with Crippen LogP contribution in [0.3, 0.4) is 0 Å². The van der Waals surface area contributed by atoms with Gasteiger partial charge >= 0.3 is 5.97 Å². The number of rotatable bonds is 3. The first-order chi connectivity index (χ1) is 15.3. The van der Waals surface area contributed by atoms with Crippen molar-refractivity contribution in [1.29, 1.82) is 0 Å². The van der Waals surface area contributed by atoms with Gasteiger partial charge in [0.15, 0.2) is 5.65 Å². The molecule has 33 heavy (non-hydrogen) atoms. The van der Waals surface area contributed by atoms with E-state index in [-0.39, 0.29) is 41.1 Å². The smallest absolute Gasteiger partial charge is 0.341 e. The Morgan fingerprint density at radius 3 is 2.67 bits per heavy atom. The van der Waals surface area contributed by atoms with E-state index >= 15 is 0 Å². The molecule has 1 aliphatic carbocycles. The molecule has 1 saturated heterocycles. The van der Waals surface area contributed by atoms with Gasteiger partial charge in [-0.25, -0.2) is 18.6 Å². The van der Waals surface area contributed by atoms with Crippen LogP contribution >= 0.6 is 12.4 Å². The predicted octanol–water partition coefficient (Wildman–Crippen LogP) is 3.12. The molecule has 5 rings (SSSR count). The van der Waals surface area contributed by atoms with Crippen molar-refractivity contribution in [2.45, 2.75) is 12.5 Å². The summed E-state index contributed by atoms with van der Waals surface area (Å²) < 4.78 is 29.3. The van der Waals surface area contributed by atoms with Crippen LogP contribution in [0, 0.1) is 23.5 Å². The second-order valence-corrected chi connectivity index (χ2v) is 8.25. The zero-order valence-electron chi connectivity index (χ0n) is 17.3. The van der Waals surface area contributed by atoms with E-state index in [4.69, 9.17) is 5.73 Å². The number of allylic oxidation sites excluding steroid dienone is 1. The van der Waals surface area contributed by atoms with Crippen molar-refractivity contribution in [2.75, 3.05) is 18.0 Å². The van der Waals surface area contributed by atoms with Crippen LogP contribution in [0.25, 0.3) is 16.7 Å². The van der Waals surface area contributed by atoms with Crippen LogP contribution in [0.1, 0.15) is 16.8 Å². The lowest BCUT2D eigenvalue weighted by molar-refractivity contribution is 0.0695. The molecule has 0 amide bonds. The maximum atomic E-state index is 14.6. The Labute approximate surface area is 193 Å². The standard InChI is InChI=1S/C23H20F2N4O3.ClH/c24-13-4-6-19(17(25)8-13)29-11-16(23(31)32)21(30)14-5-7-20(27-22(14)29)28-9-12-2-1-3-18(26)15(12)10-28;/h1,3-8,11-12,15,18H,2,9-10,26H2,(H,31,32);1H. The average Bonchev–Trinajstić information content (AvgIpc) is 3.20. The lowest BCUT2D eigenvalue weighted by Gasteiger charge is -2.25. The van der Waals surface area contributed by atoms with E-state index in [2.05, 4.69) is 16.0 Å². The van der Waals surface area contributed by atoms with E-state index in [1.54, 1.807) is 6.07 Å². The monoisotopic (exact) mass is 474 g/mol. The molecule has 3 atom stereocenters. The van der Waals surface area contributed by atoms with Gasteiger partial charge in [0.1, 0.15) is 23.0 Å². The number of pyridine rings is 2. The number of halogens is 3. The maximum absolute atomic E-state index is 14.6. The lowest BCUT2D eigenvalue weighted by Crippen LogP contribution is -2.35. The third-order valence-electron chi connectivity index (χ3n) is 6.34. The third kappa shape index (κ3) is 3.87. The molecule has 0 bridgehead atoms. The molecule has 0 radical (unpaired) electrons. The molecule has 3 unspecified atom stereocenters. The fourth-order valence-electron chi connectivity index (χ4n) is 4.70. The SMILES string of the molecule is Cl.NC1C=CCC2CN(c3ccc4c(=O)c(C(=O)O)cn(-c5ccc(F)cc5F)c4n3)CC12. The van der Waals surface area contributed by atoms with E-state index < -0.39 is 28.6 Å². The highest BCUT2D eigenvalue weighted by atomic mass is 35.5. The van der Waals surface area contributed by atoms with Gasteiger partial charge in [0.2, 0.25) is 5.43 Å². The fraction of sp³-hybridized carbons (Fsp3) is 0.261. The molecule has 1 aromatic carbocycles. The average molecular weight is 475 g/mol. The molecule has 3 heterocycles. The van der Waals surface area contributed by atoms with Crippen LogP contribution in [-0.4, -0.2) is 39.8 Å². The van der Waals surface area contributed by atoms with Crippen molar-refractivity contribution in [3.05, 3.63) is 76.1 Å². The number of fused-ring (bicyclic) bond motifs is 2. The minimum absolute atomic E-state index is 0. The molecular formula is C23H21ClF2N4O3. The Bertz CT molecular complexity index is 1340. The van der Waals surface area contributed by atoms with E-state index in [1.165, 1.54) is 16.7 Å². The zero-order chi connectivity index (χ0) is 22.6. The van der Waals surface area contributed by atoms with Crippen molar-refractivity contribution in [3.63, 3.8) is 0 Å². The van der Waals surface area contributed by atoms with Crippen molar-refractivity contribution in [2.24, 2.45) is 17.6 Å². The summed E-state index contributed by atoms with van der Waals surface area (Å²) >= 11 is 0. The number of benzene rings is 1. The Hall–Kier alpha value is -3.30. The van der Waals surface area contributed by atoms with Crippen molar-refractivity contribution < 1.29 is 18.7 Å². The Balaban J connectivity index is 0.00000259. The summed E-state index contributed by atoms with van der Waals surface area (Å²) in [6.07, 6.45) is 6.06. The molecule has 172 valence electrons. The van der Waals surface area contributed by atoms with Crippen LogP contribution < -0.4 is 16.1 Å². The predicted molar refractivity (Wildman–Crippen MR) is 122 cm³/mol. The molecule has 7 nitrogen and oxygen atoms in total. The topological polar surface area (TPSA) is 101 Å². The molecule has 3 aromatic rings. The van der Waals surface area contributed by atoms with Crippen LogP contribution in [-0.2, 0) is 0 Å². The molecule has 1 fully saturated rings. The zero-order valence-corrected chi connectivity index (χ0v) is 18.1. The minimum atomic E-state index is -1.44. The van der Waals surface area contributed by atoms with Gasteiger partial charge in [-0.15, -0.1) is 12.4 Å². The van der Waals surface area contributed by atoms with Gasteiger partial charge in [-0.2, -0.15) is 0 Å². The summed E-state index contributed by atoms with van der Waals surface area (Å²) in [5.41, 5.74) is 4.98. The number of hydrogen-bond donors (Lipinski definition) is 2. The van der Waals surface area contributed by atoms with Gasteiger partial charge in [0.05, 0.1) is 11.1 Å². The number of hydrogen-bond acceptors (Lipinski definition) is 5. The molecule has 2 aliphatic rings. The van der Waals surface area contributed by atoms with E-state index in [1.807, 2.05) is 6.08 Å². The van der Waals surface area contributed by atoms with Crippen LogP contribution in [0.2, 0.25) is 0 Å². The number of aromatic nitrogens is 2. The van der Waals surface area contributed by atoms with Gasteiger partial charge < -0.3 is 15.7 Å². The summed E-state index contributed by atoms with van der Waals surface area (Å²) in [5, 5.41) is 9.50. The third-order valence-corrected chi connectivity index (χ3v) is 6.34. The molecular weight excluding hydrogens is 454 g/mol. The molecule has 2 aromatic heterocycles. The van der Waals surface area contributed by atoms with Crippen molar-refractivity contribution in [1.82, 2.24) is 9.55 Å². The van der Waals surface area contributed by atoms with Crippen LogP contribution in [0.5, 0.6) is 0 Å². The highest BCUT2D eigenvalue weighted by molar-refractivity contribution is 5.92. The van der Waals surface area contributed by atoms with Gasteiger partial charge in [0, 0.05) is 31.4 Å². The minimum Gasteiger partial charge on any atom is -0.477 e. The first kappa shape index (κ1) is 22.9. The summed E-state index contributed by atoms with van der Waals surface area (Å²) in [6.45, 7) is 1.43. The van der Waals surface area contributed by atoms with E-state index in [0.717, 1.165) is 25.2 Å². The van der Waals surface area contributed by atoms with Crippen LogP contribution in [0.15, 0.2) is 53.5 Å². The molecule has 0 saturated carbocycles. The van der Waals surface area contributed by atoms with Gasteiger partial charge in [-0.1, -0.05) is 12.2 Å². The van der Waals surface area contributed by atoms with E-state index in [9.17, 15) is 23.5 Å². The normalized spacial score (nSPS) is 21.7. The second kappa shape index (κ2) is 8.57. The first-order valence-electron chi connectivity index (χ1n) is 10.3. The number of carbonyl (C=O) groups is 1. The summed E-state index contributed by atoms with van der Waals surface area (Å²) in [6, 6.07) is 6.07. The number of nitrogens with two attached hydrogens (primary N) is 1. The highest BCUT2D eigenvalue weighted by Gasteiger charge is 2.37. The van der Waals surface area contributed by atoms with Gasteiger partial charge in [-0.3, -0.25) is 9.36 Å². The summed E-state index contributed by atoms with van der Waals surface area (Å²) in [7, 11) is 0. The van der Waals surface area contributed by atoms with E-state index in [0.29, 0.717) is 24.3 Å². The molecule has 3 N–H and O–H groups in total. The largest absolute Gasteiger partial charge is 0.477 e. The number of carboxylic acid groups (broad SMARTS) is 1. The number of aromatic carboxylic acids is 1. The molecule has 10 heteroatoms. The fourth-order valence-corrected chi connectivity index (χ4v) is 4.70. The first-order valence-corrected chi connectivity index (χ1v) is 10.3. The number of nitrogens with zero attached hydrogens (tertiary/aromatic N) is 3. The van der Waals surface area contributed by atoms with Gasteiger partial charge in [-0.05, 0) is 42.5 Å².